The number of phenolic OH excluding ortho intramolecular Hbond substituents is 1. The van der Waals surface area contributed by atoms with Gasteiger partial charge in [-0.25, -0.2) is 5.43 Å². The first-order valence-electron chi connectivity index (χ1n) is 10.3. The Hall–Kier alpha value is -4.53. The summed E-state index contributed by atoms with van der Waals surface area (Å²) in [5.41, 5.74) is 5.47. The second kappa shape index (κ2) is 10.2. The van der Waals surface area contributed by atoms with E-state index in [1.807, 2.05) is 49.4 Å². The molecule has 166 valence electrons. The molecule has 0 aliphatic rings. The Morgan fingerprint density at radius 3 is 2.67 bits per heavy atom. The second-order valence-electron chi connectivity index (χ2n) is 7.07. The molecule has 0 fully saturated rings. The van der Waals surface area contributed by atoms with Crippen LogP contribution in [0.15, 0.2) is 77.9 Å². The van der Waals surface area contributed by atoms with Crippen LogP contribution in [-0.4, -0.2) is 44.0 Å². The number of hydrazone groups is 1. The summed E-state index contributed by atoms with van der Waals surface area (Å²) in [6.07, 6.45) is 1.48. The van der Waals surface area contributed by atoms with Gasteiger partial charge in [-0.2, -0.15) is 9.90 Å². The number of aromatic hydroxyl groups is 1. The maximum Gasteiger partial charge on any atom is 0.271 e. The van der Waals surface area contributed by atoms with Gasteiger partial charge in [0.2, 0.25) is 5.82 Å². The van der Waals surface area contributed by atoms with E-state index in [0.717, 1.165) is 11.1 Å². The van der Waals surface area contributed by atoms with Crippen molar-refractivity contribution in [1.29, 1.82) is 0 Å². The quantitative estimate of drug-likeness (QED) is 0.320. The van der Waals surface area contributed by atoms with E-state index in [-0.39, 0.29) is 11.7 Å². The van der Waals surface area contributed by atoms with Crippen molar-refractivity contribution in [2.24, 2.45) is 5.10 Å². The van der Waals surface area contributed by atoms with Gasteiger partial charge in [-0.1, -0.05) is 42.5 Å². The van der Waals surface area contributed by atoms with Crippen molar-refractivity contribution in [2.45, 2.75) is 13.5 Å². The van der Waals surface area contributed by atoms with Crippen LogP contribution in [0.1, 0.15) is 28.4 Å². The molecule has 1 heterocycles. The summed E-state index contributed by atoms with van der Waals surface area (Å²) in [6.45, 7) is 2.70. The summed E-state index contributed by atoms with van der Waals surface area (Å²) >= 11 is 0. The number of rotatable bonds is 8. The lowest BCUT2D eigenvalue weighted by atomic mass is 10.1. The lowest BCUT2D eigenvalue weighted by Gasteiger charge is -2.06. The lowest BCUT2D eigenvalue weighted by molar-refractivity contribution is 0.0955. The molecule has 1 aromatic heterocycles. The van der Waals surface area contributed by atoms with Gasteiger partial charge in [0.1, 0.15) is 0 Å². The predicted octanol–water partition coefficient (Wildman–Crippen LogP) is 3.26. The molecule has 0 radical (unpaired) electrons. The van der Waals surface area contributed by atoms with Crippen molar-refractivity contribution in [3.63, 3.8) is 0 Å². The molecule has 1 amide bonds. The zero-order valence-corrected chi connectivity index (χ0v) is 17.9. The van der Waals surface area contributed by atoms with E-state index in [1.165, 1.54) is 17.1 Å². The van der Waals surface area contributed by atoms with Gasteiger partial charge >= 0.3 is 0 Å². The molecule has 0 atom stereocenters. The number of tetrazole rings is 1. The standard InChI is InChI=1S/C24H22N6O3/c1-2-33-22-14-18(10-13-21(22)31)15-25-27-24(32)20-11-8-17(9-12-20)16-30-28-23(26-29-30)19-6-4-3-5-7-19/h3-15,31H,2,16H2,1H3,(H,27,32)/b25-15+. The van der Waals surface area contributed by atoms with Gasteiger partial charge in [0.25, 0.3) is 5.91 Å². The Morgan fingerprint density at radius 2 is 1.91 bits per heavy atom. The first-order chi connectivity index (χ1) is 16.1. The number of ether oxygens (including phenoxy) is 1. The molecule has 0 aliphatic carbocycles. The van der Waals surface area contributed by atoms with Gasteiger partial charge < -0.3 is 9.84 Å². The molecule has 3 aromatic carbocycles. The average Bonchev–Trinajstić information content (AvgIpc) is 3.31. The Balaban J connectivity index is 1.34. The minimum absolute atomic E-state index is 0.0514. The summed E-state index contributed by atoms with van der Waals surface area (Å²) in [7, 11) is 0. The molecule has 9 heteroatoms. The number of aromatic nitrogens is 4. The van der Waals surface area contributed by atoms with E-state index >= 15 is 0 Å². The van der Waals surface area contributed by atoms with Crippen molar-refractivity contribution >= 4 is 12.1 Å². The molecule has 9 nitrogen and oxygen atoms in total. The highest BCUT2D eigenvalue weighted by atomic mass is 16.5. The second-order valence-corrected chi connectivity index (χ2v) is 7.07. The maximum atomic E-state index is 12.4. The topological polar surface area (TPSA) is 115 Å². The summed E-state index contributed by atoms with van der Waals surface area (Å²) in [5, 5.41) is 26.3. The maximum absolute atomic E-state index is 12.4. The molecule has 4 aromatic rings. The minimum Gasteiger partial charge on any atom is -0.504 e. The third kappa shape index (κ3) is 5.59. The van der Waals surface area contributed by atoms with Crippen molar-refractivity contribution in [3.8, 4) is 22.9 Å². The van der Waals surface area contributed by atoms with Gasteiger partial charge in [-0.15, -0.1) is 10.2 Å². The van der Waals surface area contributed by atoms with Gasteiger partial charge in [0.15, 0.2) is 11.5 Å². The molecular formula is C24H22N6O3. The molecule has 0 bridgehead atoms. The molecule has 0 saturated carbocycles. The molecule has 4 rings (SSSR count). The largest absolute Gasteiger partial charge is 0.504 e. The number of nitrogens with zero attached hydrogens (tertiary/aromatic N) is 5. The number of carbonyl (C=O) groups excluding carboxylic acids is 1. The molecule has 0 unspecified atom stereocenters. The van der Waals surface area contributed by atoms with Gasteiger partial charge in [-0.3, -0.25) is 4.79 Å². The Bertz CT molecular complexity index is 1250. The fourth-order valence-electron chi connectivity index (χ4n) is 3.05. The number of carbonyl (C=O) groups is 1. The van der Waals surface area contributed by atoms with Crippen LogP contribution in [0, 0.1) is 0 Å². The van der Waals surface area contributed by atoms with Crippen LogP contribution in [-0.2, 0) is 6.54 Å². The number of phenols is 1. The van der Waals surface area contributed by atoms with Crippen LogP contribution in [0.2, 0.25) is 0 Å². The van der Waals surface area contributed by atoms with Crippen molar-refractivity contribution in [2.75, 3.05) is 6.61 Å². The fraction of sp³-hybridized carbons (Fsp3) is 0.125. The van der Waals surface area contributed by atoms with E-state index in [0.29, 0.717) is 35.9 Å². The molecule has 0 spiro atoms. The number of nitrogens with one attached hydrogen (secondary N) is 1. The number of hydrogen-bond donors (Lipinski definition) is 2. The smallest absolute Gasteiger partial charge is 0.271 e. The third-order valence-electron chi connectivity index (χ3n) is 4.69. The zero-order chi connectivity index (χ0) is 23.0. The van der Waals surface area contributed by atoms with Crippen molar-refractivity contribution < 1.29 is 14.6 Å². The Kier molecular flexibility index (Phi) is 6.70. The molecule has 0 saturated heterocycles. The third-order valence-corrected chi connectivity index (χ3v) is 4.69. The average molecular weight is 442 g/mol. The first kappa shape index (κ1) is 21.7. The van der Waals surface area contributed by atoms with Crippen LogP contribution in [0.3, 0.4) is 0 Å². The van der Waals surface area contributed by atoms with E-state index < -0.39 is 0 Å². The Labute approximate surface area is 190 Å². The number of benzene rings is 3. The summed E-state index contributed by atoms with van der Waals surface area (Å²) < 4.78 is 5.34. The summed E-state index contributed by atoms with van der Waals surface area (Å²) in [4.78, 5) is 13.9. The van der Waals surface area contributed by atoms with Crippen molar-refractivity contribution in [3.05, 3.63) is 89.5 Å². The lowest BCUT2D eigenvalue weighted by Crippen LogP contribution is -2.17. The van der Waals surface area contributed by atoms with Crippen LogP contribution < -0.4 is 10.2 Å². The molecule has 33 heavy (non-hydrogen) atoms. The predicted molar refractivity (Wildman–Crippen MR) is 123 cm³/mol. The monoisotopic (exact) mass is 442 g/mol. The highest BCUT2D eigenvalue weighted by Crippen LogP contribution is 2.26. The molecular weight excluding hydrogens is 420 g/mol. The van der Waals surface area contributed by atoms with Crippen molar-refractivity contribution in [1.82, 2.24) is 25.6 Å². The van der Waals surface area contributed by atoms with E-state index in [1.54, 1.807) is 24.3 Å². The van der Waals surface area contributed by atoms with Crippen LogP contribution >= 0.6 is 0 Å². The van der Waals surface area contributed by atoms with E-state index in [4.69, 9.17) is 4.74 Å². The molecule has 0 aliphatic heterocycles. The van der Waals surface area contributed by atoms with Crippen LogP contribution in [0.25, 0.3) is 11.4 Å². The zero-order valence-electron chi connectivity index (χ0n) is 17.9. The molecule has 2 N–H and O–H groups in total. The van der Waals surface area contributed by atoms with Crippen LogP contribution in [0.5, 0.6) is 11.5 Å². The highest BCUT2D eigenvalue weighted by molar-refractivity contribution is 5.94. The summed E-state index contributed by atoms with van der Waals surface area (Å²) in [6, 6.07) is 21.5. The minimum atomic E-state index is -0.341. The number of amides is 1. The SMILES string of the molecule is CCOc1cc(/C=N/NC(=O)c2ccc(Cn3nnc(-c4ccccc4)n3)cc2)ccc1O. The van der Waals surface area contributed by atoms with Crippen LogP contribution in [0.4, 0.5) is 0 Å². The van der Waals surface area contributed by atoms with Gasteiger partial charge in [-0.05, 0) is 53.6 Å². The fourth-order valence-corrected chi connectivity index (χ4v) is 3.05. The summed E-state index contributed by atoms with van der Waals surface area (Å²) in [5.74, 6) is 0.634. The van der Waals surface area contributed by atoms with Gasteiger partial charge in [0.05, 0.1) is 19.4 Å². The highest BCUT2D eigenvalue weighted by Gasteiger charge is 2.08. The van der Waals surface area contributed by atoms with E-state index in [2.05, 4.69) is 25.9 Å². The normalized spacial score (nSPS) is 10.9. The number of hydrogen-bond acceptors (Lipinski definition) is 7. The van der Waals surface area contributed by atoms with Gasteiger partial charge in [0, 0.05) is 11.1 Å². The van der Waals surface area contributed by atoms with E-state index in [9.17, 15) is 9.90 Å². The Morgan fingerprint density at radius 1 is 1.12 bits per heavy atom. The first-order valence-corrected chi connectivity index (χ1v) is 10.3.